The summed E-state index contributed by atoms with van der Waals surface area (Å²) in [5.41, 5.74) is 3.28. The predicted molar refractivity (Wildman–Crippen MR) is 125 cm³/mol. The summed E-state index contributed by atoms with van der Waals surface area (Å²) in [4.78, 5) is 14.4. The van der Waals surface area contributed by atoms with Crippen LogP contribution in [-0.4, -0.2) is 41.9 Å². The summed E-state index contributed by atoms with van der Waals surface area (Å²) < 4.78 is 11.5. The fourth-order valence-corrected chi connectivity index (χ4v) is 4.78. The van der Waals surface area contributed by atoms with Gasteiger partial charge in [0.1, 0.15) is 17.1 Å². The van der Waals surface area contributed by atoms with Crippen molar-refractivity contribution in [2.45, 2.75) is 51.9 Å². The molecule has 0 bridgehead atoms. The fraction of sp³-hybridized carbons (Fsp3) is 0.480. The average Bonchev–Trinajstić information content (AvgIpc) is 2.69. The molecule has 1 atom stereocenters. The van der Waals surface area contributed by atoms with Gasteiger partial charge in [0.05, 0.1) is 6.42 Å². The maximum atomic E-state index is 12.0. The van der Waals surface area contributed by atoms with Crippen molar-refractivity contribution in [3.05, 3.63) is 59.2 Å². The van der Waals surface area contributed by atoms with E-state index in [9.17, 15) is 4.79 Å². The first-order chi connectivity index (χ1) is 14.2. The van der Waals surface area contributed by atoms with E-state index < -0.39 is 5.60 Å². The van der Waals surface area contributed by atoms with Gasteiger partial charge in [-0.15, -0.1) is 0 Å². The third kappa shape index (κ3) is 6.51. The molecule has 1 unspecified atom stereocenters. The van der Waals surface area contributed by atoms with Crippen molar-refractivity contribution < 1.29 is 14.3 Å². The Bertz CT molecular complexity index is 858. The van der Waals surface area contributed by atoms with E-state index in [1.54, 1.807) is 0 Å². The largest absolute Gasteiger partial charge is 0.460 e. The number of thioether (sulfide) groups is 1. The Morgan fingerprint density at radius 1 is 1.13 bits per heavy atom. The van der Waals surface area contributed by atoms with Crippen LogP contribution in [0.5, 0.6) is 11.5 Å². The van der Waals surface area contributed by atoms with Crippen LogP contribution in [-0.2, 0) is 9.53 Å². The molecule has 5 heteroatoms. The molecule has 1 fully saturated rings. The van der Waals surface area contributed by atoms with Crippen molar-refractivity contribution >= 4 is 17.7 Å². The molecule has 30 heavy (non-hydrogen) atoms. The zero-order chi connectivity index (χ0) is 21.7. The minimum absolute atomic E-state index is 0.120. The second-order valence-electron chi connectivity index (χ2n) is 8.87. The van der Waals surface area contributed by atoms with E-state index in [4.69, 9.17) is 9.47 Å². The molecule has 1 aliphatic heterocycles. The zero-order valence-electron chi connectivity index (χ0n) is 18.7. The Morgan fingerprint density at radius 3 is 2.57 bits per heavy atom. The van der Waals surface area contributed by atoms with E-state index in [0.717, 1.165) is 36.9 Å². The van der Waals surface area contributed by atoms with Crippen molar-refractivity contribution in [2.75, 3.05) is 25.4 Å². The number of benzene rings is 2. The number of aryl methyl sites for hydroxylation is 1. The molecular weight excluding hydrogens is 394 g/mol. The van der Waals surface area contributed by atoms with E-state index in [1.807, 2.05) is 44.7 Å². The van der Waals surface area contributed by atoms with Crippen LogP contribution in [0.25, 0.3) is 0 Å². The lowest BCUT2D eigenvalue weighted by Gasteiger charge is -2.32. The van der Waals surface area contributed by atoms with Gasteiger partial charge < -0.3 is 14.4 Å². The fourth-order valence-electron chi connectivity index (χ4n) is 3.46. The topological polar surface area (TPSA) is 38.8 Å². The van der Waals surface area contributed by atoms with E-state index in [2.05, 4.69) is 49.1 Å². The maximum Gasteiger partial charge on any atom is 0.307 e. The summed E-state index contributed by atoms with van der Waals surface area (Å²) in [6.07, 6.45) is 0.442. The van der Waals surface area contributed by atoms with Gasteiger partial charge in [0.2, 0.25) is 0 Å². The van der Waals surface area contributed by atoms with Gasteiger partial charge in [-0.3, -0.25) is 4.79 Å². The van der Waals surface area contributed by atoms with Crippen LogP contribution in [0.15, 0.2) is 42.5 Å². The molecule has 0 radical (unpaired) electrons. The first-order valence-electron chi connectivity index (χ1n) is 10.6. The molecule has 3 rings (SSSR count). The van der Waals surface area contributed by atoms with Crippen molar-refractivity contribution in [1.82, 2.24) is 4.90 Å². The molecule has 0 aromatic heterocycles. The van der Waals surface area contributed by atoms with E-state index in [0.29, 0.717) is 11.7 Å². The van der Waals surface area contributed by atoms with E-state index in [-0.39, 0.29) is 5.97 Å². The first-order valence-corrected chi connectivity index (χ1v) is 11.7. The third-order valence-corrected chi connectivity index (χ3v) is 6.48. The molecular formula is C25H33NO3S. The summed E-state index contributed by atoms with van der Waals surface area (Å²) in [6, 6.07) is 14.6. The van der Waals surface area contributed by atoms with Crippen LogP contribution >= 0.6 is 11.8 Å². The van der Waals surface area contributed by atoms with Gasteiger partial charge in [-0.25, -0.2) is 0 Å². The Balaban J connectivity index is 1.55. The number of carbonyl (C=O) groups excluding carboxylic acids is 1. The lowest BCUT2D eigenvalue weighted by molar-refractivity contribution is -0.155. The molecule has 1 saturated heterocycles. The zero-order valence-corrected chi connectivity index (χ0v) is 19.6. The predicted octanol–water partition coefficient (Wildman–Crippen LogP) is 5.92. The van der Waals surface area contributed by atoms with Crippen LogP contribution < -0.4 is 4.74 Å². The molecule has 0 amide bonds. The number of ether oxygens (including phenoxy) is 2. The normalized spacial score (nSPS) is 17.6. The number of rotatable bonds is 6. The van der Waals surface area contributed by atoms with Gasteiger partial charge >= 0.3 is 5.97 Å². The second-order valence-corrected chi connectivity index (χ2v) is 10.2. The number of hydrogen-bond donors (Lipinski definition) is 0. The molecule has 1 heterocycles. The van der Waals surface area contributed by atoms with Crippen LogP contribution in [0.4, 0.5) is 0 Å². The lowest BCUT2D eigenvalue weighted by atomic mass is 10.1. The number of carbonyl (C=O) groups is 1. The SMILES string of the molecule is Cc1cccc(Oc2ccc(C3CN(CCC(=O)OC(C)(C)C)CCS3)cc2)c1C. The van der Waals surface area contributed by atoms with Crippen LogP contribution in [0.3, 0.4) is 0 Å². The second kappa shape index (κ2) is 9.88. The van der Waals surface area contributed by atoms with Crippen molar-refractivity contribution in [3.8, 4) is 11.5 Å². The van der Waals surface area contributed by atoms with Gasteiger partial charge in [0.25, 0.3) is 0 Å². The standard InChI is InChI=1S/C25H33NO3S/c1-18-7-6-8-22(19(18)2)28-21-11-9-20(10-12-21)23-17-26(15-16-30-23)14-13-24(27)29-25(3,4)5/h6-12,23H,13-17H2,1-5H3. The molecule has 2 aromatic carbocycles. The molecule has 162 valence electrons. The molecule has 1 aliphatic rings. The summed E-state index contributed by atoms with van der Waals surface area (Å²) in [5, 5.41) is 0.409. The van der Waals surface area contributed by atoms with Crippen molar-refractivity contribution in [2.24, 2.45) is 0 Å². The molecule has 0 saturated carbocycles. The van der Waals surface area contributed by atoms with Crippen LogP contribution in [0.1, 0.15) is 49.1 Å². The van der Waals surface area contributed by atoms with Gasteiger partial charge in [0.15, 0.2) is 0 Å². The highest BCUT2D eigenvalue weighted by atomic mass is 32.2. The molecule has 0 spiro atoms. The minimum atomic E-state index is -0.418. The van der Waals surface area contributed by atoms with Crippen molar-refractivity contribution in [1.29, 1.82) is 0 Å². The minimum Gasteiger partial charge on any atom is -0.460 e. The highest BCUT2D eigenvalue weighted by Crippen LogP contribution is 2.35. The van der Waals surface area contributed by atoms with Gasteiger partial charge in [-0.05, 0) is 69.5 Å². The summed E-state index contributed by atoms with van der Waals surface area (Å²) in [5.74, 6) is 2.71. The van der Waals surface area contributed by atoms with E-state index >= 15 is 0 Å². The quantitative estimate of drug-likeness (QED) is 0.535. The number of nitrogens with zero attached hydrogens (tertiary/aromatic N) is 1. The molecule has 0 N–H and O–H groups in total. The summed E-state index contributed by atoms with van der Waals surface area (Å²) >= 11 is 1.98. The average molecular weight is 428 g/mol. The Kier molecular flexibility index (Phi) is 7.48. The monoisotopic (exact) mass is 427 g/mol. The molecule has 4 nitrogen and oxygen atoms in total. The van der Waals surface area contributed by atoms with Gasteiger partial charge in [-0.1, -0.05) is 24.3 Å². The van der Waals surface area contributed by atoms with E-state index in [1.165, 1.54) is 16.7 Å². The summed E-state index contributed by atoms with van der Waals surface area (Å²) in [7, 11) is 0. The van der Waals surface area contributed by atoms with Gasteiger partial charge in [0, 0.05) is 30.6 Å². The number of esters is 1. The van der Waals surface area contributed by atoms with Gasteiger partial charge in [-0.2, -0.15) is 11.8 Å². The Labute approximate surface area is 184 Å². The molecule has 2 aromatic rings. The Morgan fingerprint density at radius 2 is 1.87 bits per heavy atom. The first kappa shape index (κ1) is 22.7. The summed E-state index contributed by atoms with van der Waals surface area (Å²) in [6.45, 7) is 12.6. The highest BCUT2D eigenvalue weighted by Gasteiger charge is 2.23. The Hall–Kier alpha value is -1.98. The molecule has 0 aliphatic carbocycles. The lowest BCUT2D eigenvalue weighted by Crippen LogP contribution is -2.36. The van der Waals surface area contributed by atoms with Crippen LogP contribution in [0.2, 0.25) is 0 Å². The maximum absolute atomic E-state index is 12.0. The van der Waals surface area contributed by atoms with Crippen molar-refractivity contribution in [3.63, 3.8) is 0 Å². The van der Waals surface area contributed by atoms with Crippen LogP contribution in [0, 0.1) is 13.8 Å². The highest BCUT2D eigenvalue weighted by molar-refractivity contribution is 7.99. The number of hydrogen-bond acceptors (Lipinski definition) is 5. The smallest absolute Gasteiger partial charge is 0.307 e. The third-order valence-electron chi connectivity index (χ3n) is 5.24.